The van der Waals surface area contributed by atoms with Gasteiger partial charge in [-0.05, 0) is 0 Å². The maximum atomic E-state index is 6.37. The molecule has 2 heterocycles. The number of benzene rings is 2. The highest BCUT2D eigenvalue weighted by atomic mass is 35.5. The topological polar surface area (TPSA) is 30.2 Å². The first kappa shape index (κ1) is 13.0. The average Bonchev–Trinajstić information content (AvgIpc) is 3.01. The Kier molecular flexibility index (Phi) is 3.13. The van der Waals surface area contributed by atoms with Crippen LogP contribution in [0.25, 0.3) is 28.2 Å². The van der Waals surface area contributed by atoms with E-state index in [0.29, 0.717) is 5.15 Å². The monoisotopic (exact) mass is 305 g/mol. The lowest BCUT2D eigenvalue weighted by Crippen LogP contribution is -1.94. The molecule has 0 saturated carbocycles. The van der Waals surface area contributed by atoms with Gasteiger partial charge < -0.3 is 0 Å². The van der Waals surface area contributed by atoms with Crippen molar-refractivity contribution in [3.05, 3.63) is 77.9 Å². The van der Waals surface area contributed by atoms with Crippen LogP contribution in [0.3, 0.4) is 0 Å². The van der Waals surface area contributed by atoms with Gasteiger partial charge in [0, 0.05) is 23.3 Å². The van der Waals surface area contributed by atoms with Crippen molar-refractivity contribution >= 4 is 17.2 Å². The van der Waals surface area contributed by atoms with Gasteiger partial charge in [-0.15, -0.1) is 0 Å². The first-order valence-electron chi connectivity index (χ1n) is 6.98. The second-order valence-electron chi connectivity index (χ2n) is 5.00. The van der Waals surface area contributed by atoms with Crippen molar-refractivity contribution in [2.24, 2.45) is 0 Å². The molecule has 3 nitrogen and oxygen atoms in total. The van der Waals surface area contributed by atoms with Gasteiger partial charge in [-0.1, -0.05) is 72.3 Å². The fraction of sp³-hybridized carbons (Fsp3) is 0. The zero-order valence-electron chi connectivity index (χ0n) is 11.6. The molecule has 0 fully saturated rings. The SMILES string of the molecule is Clc1cc(-c2ccccc2)nc2cc(-c3ccccc3)nn12. The van der Waals surface area contributed by atoms with E-state index in [1.54, 1.807) is 4.52 Å². The van der Waals surface area contributed by atoms with Crippen LogP contribution in [0.1, 0.15) is 0 Å². The Bertz CT molecular complexity index is 931. The number of fused-ring (bicyclic) bond motifs is 1. The third-order valence-corrected chi connectivity index (χ3v) is 3.79. The number of nitrogens with zero attached hydrogens (tertiary/aromatic N) is 3. The van der Waals surface area contributed by atoms with Gasteiger partial charge in [0.05, 0.1) is 11.4 Å². The van der Waals surface area contributed by atoms with Crippen LogP contribution in [0.2, 0.25) is 5.15 Å². The Labute approximate surface area is 132 Å². The second-order valence-corrected chi connectivity index (χ2v) is 5.38. The summed E-state index contributed by atoms with van der Waals surface area (Å²) < 4.78 is 1.66. The Balaban J connectivity index is 1.88. The Morgan fingerprint density at radius 2 is 1.32 bits per heavy atom. The van der Waals surface area contributed by atoms with E-state index in [-0.39, 0.29) is 0 Å². The first-order chi connectivity index (χ1) is 10.8. The van der Waals surface area contributed by atoms with E-state index in [1.807, 2.05) is 72.8 Å². The molecule has 106 valence electrons. The van der Waals surface area contributed by atoms with E-state index in [9.17, 15) is 0 Å². The van der Waals surface area contributed by atoms with Gasteiger partial charge in [0.15, 0.2) is 5.65 Å². The number of halogens is 1. The molecule has 4 rings (SSSR count). The van der Waals surface area contributed by atoms with Gasteiger partial charge in [-0.3, -0.25) is 0 Å². The zero-order chi connectivity index (χ0) is 14.9. The van der Waals surface area contributed by atoms with Gasteiger partial charge in [-0.25, -0.2) is 9.50 Å². The molecule has 22 heavy (non-hydrogen) atoms. The molecule has 0 aliphatic rings. The van der Waals surface area contributed by atoms with Gasteiger partial charge in [0.25, 0.3) is 0 Å². The molecule has 0 unspecified atom stereocenters. The predicted octanol–water partition coefficient (Wildman–Crippen LogP) is 4.72. The standard InChI is InChI=1S/C18H12ClN3/c19-17-11-15(13-7-3-1-4-8-13)20-18-12-16(21-22(17)18)14-9-5-2-6-10-14/h1-12H. The number of hydrogen-bond donors (Lipinski definition) is 0. The van der Waals surface area contributed by atoms with Crippen molar-refractivity contribution < 1.29 is 0 Å². The van der Waals surface area contributed by atoms with E-state index < -0.39 is 0 Å². The molecule has 0 radical (unpaired) electrons. The van der Waals surface area contributed by atoms with Crippen molar-refractivity contribution in [3.63, 3.8) is 0 Å². The van der Waals surface area contributed by atoms with Gasteiger partial charge in [-0.2, -0.15) is 5.10 Å². The van der Waals surface area contributed by atoms with Crippen molar-refractivity contribution in [1.82, 2.24) is 14.6 Å². The summed E-state index contributed by atoms with van der Waals surface area (Å²) in [6.45, 7) is 0. The minimum atomic E-state index is 0.547. The van der Waals surface area contributed by atoms with Crippen LogP contribution in [0.5, 0.6) is 0 Å². The van der Waals surface area contributed by atoms with Crippen LogP contribution in [0.4, 0.5) is 0 Å². The lowest BCUT2D eigenvalue weighted by atomic mass is 10.1. The summed E-state index contributed by atoms with van der Waals surface area (Å²) in [7, 11) is 0. The molecule has 0 atom stereocenters. The van der Waals surface area contributed by atoms with Crippen LogP contribution in [-0.2, 0) is 0 Å². The Hall–Kier alpha value is -2.65. The molecule has 0 aliphatic carbocycles. The van der Waals surface area contributed by atoms with Gasteiger partial charge in [0.1, 0.15) is 5.15 Å². The predicted molar refractivity (Wildman–Crippen MR) is 88.9 cm³/mol. The first-order valence-corrected chi connectivity index (χ1v) is 7.36. The van der Waals surface area contributed by atoms with E-state index in [2.05, 4.69) is 10.1 Å². The van der Waals surface area contributed by atoms with E-state index in [0.717, 1.165) is 28.2 Å². The maximum absolute atomic E-state index is 6.37. The van der Waals surface area contributed by atoms with Crippen molar-refractivity contribution in [3.8, 4) is 22.5 Å². The maximum Gasteiger partial charge on any atom is 0.158 e. The smallest absolute Gasteiger partial charge is 0.158 e. The normalized spacial score (nSPS) is 11.0. The number of aromatic nitrogens is 3. The summed E-state index contributed by atoms with van der Waals surface area (Å²) in [6.07, 6.45) is 0. The molecule has 4 heteroatoms. The summed E-state index contributed by atoms with van der Waals surface area (Å²) >= 11 is 6.37. The van der Waals surface area contributed by atoms with E-state index in [4.69, 9.17) is 11.6 Å². The molecular weight excluding hydrogens is 294 g/mol. The highest BCUT2D eigenvalue weighted by Gasteiger charge is 2.10. The molecule has 0 saturated heterocycles. The van der Waals surface area contributed by atoms with Crippen molar-refractivity contribution in [1.29, 1.82) is 0 Å². The molecule has 0 amide bonds. The minimum Gasteiger partial charge on any atom is -0.228 e. The molecule has 4 aromatic rings. The summed E-state index contributed by atoms with van der Waals surface area (Å²) in [6, 6.07) is 23.8. The van der Waals surface area contributed by atoms with Crippen molar-refractivity contribution in [2.45, 2.75) is 0 Å². The summed E-state index contributed by atoms with van der Waals surface area (Å²) in [5.41, 5.74) is 4.53. The van der Waals surface area contributed by atoms with Crippen LogP contribution in [-0.4, -0.2) is 14.6 Å². The minimum absolute atomic E-state index is 0.547. The Morgan fingerprint density at radius 3 is 1.95 bits per heavy atom. The fourth-order valence-corrected chi connectivity index (χ4v) is 2.67. The second kappa shape index (κ2) is 5.28. The lowest BCUT2D eigenvalue weighted by molar-refractivity contribution is 0.946. The molecule has 2 aromatic carbocycles. The summed E-state index contributed by atoms with van der Waals surface area (Å²) in [5.74, 6) is 0. The van der Waals surface area contributed by atoms with Crippen LogP contribution in [0.15, 0.2) is 72.8 Å². The van der Waals surface area contributed by atoms with Crippen LogP contribution < -0.4 is 0 Å². The van der Waals surface area contributed by atoms with Crippen LogP contribution in [0, 0.1) is 0 Å². The largest absolute Gasteiger partial charge is 0.228 e. The van der Waals surface area contributed by atoms with Gasteiger partial charge in [0.2, 0.25) is 0 Å². The van der Waals surface area contributed by atoms with Gasteiger partial charge >= 0.3 is 0 Å². The molecule has 0 bridgehead atoms. The third-order valence-electron chi connectivity index (χ3n) is 3.52. The molecule has 2 aromatic heterocycles. The van der Waals surface area contributed by atoms with Crippen molar-refractivity contribution in [2.75, 3.05) is 0 Å². The number of hydrogen-bond acceptors (Lipinski definition) is 2. The Morgan fingerprint density at radius 1 is 0.727 bits per heavy atom. The lowest BCUT2D eigenvalue weighted by Gasteiger charge is -2.03. The highest BCUT2D eigenvalue weighted by Crippen LogP contribution is 2.25. The quantitative estimate of drug-likeness (QED) is 0.502. The highest BCUT2D eigenvalue weighted by molar-refractivity contribution is 6.30. The summed E-state index contributed by atoms with van der Waals surface area (Å²) in [5, 5.41) is 5.09. The summed E-state index contributed by atoms with van der Waals surface area (Å²) in [4.78, 5) is 4.67. The van der Waals surface area contributed by atoms with E-state index in [1.165, 1.54) is 0 Å². The molecule has 0 spiro atoms. The zero-order valence-corrected chi connectivity index (χ0v) is 12.4. The molecule has 0 aliphatic heterocycles. The fourth-order valence-electron chi connectivity index (χ4n) is 2.44. The number of rotatable bonds is 2. The van der Waals surface area contributed by atoms with Crippen LogP contribution >= 0.6 is 11.6 Å². The third kappa shape index (κ3) is 2.26. The average molecular weight is 306 g/mol. The molecular formula is C18H12ClN3. The van der Waals surface area contributed by atoms with E-state index >= 15 is 0 Å². The molecule has 0 N–H and O–H groups in total.